The lowest BCUT2D eigenvalue weighted by Gasteiger charge is -2.00. The van der Waals surface area contributed by atoms with E-state index < -0.39 is 11.9 Å². The number of rotatable bonds is 7. The number of thiophene rings is 2. The van der Waals surface area contributed by atoms with Gasteiger partial charge in [0.15, 0.2) is 0 Å². The van der Waals surface area contributed by atoms with Crippen molar-refractivity contribution >= 4 is 34.6 Å². The van der Waals surface area contributed by atoms with E-state index in [1.807, 2.05) is 35.0 Å². The van der Waals surface area contributed by atoms with Crippen molar-refractivity contribution in [3.8, 4) is 0 Å². The minimum Gasteiger partial charge on any atom is -0.457 e. The first-order valence-corrected chi connectivity index (χ1v) is 8.64. The normalized spacial score (nSPS) is 11.6. The summed E-state index contributed by atoms with van der Waals surface area (Å²) in [6.45, 7) is 2.23. The maximum absolute atomic E-state index is 11.6. The van der Waals surface area contributed by atoms with E-state index in [-0.39, 0.29) is 13.2 Å². The van der Waals surface area contributed by atoms with Gasteiger partial charge < -0.3 is 9.47 Å². The molecule has 2 heterocycles. The van der Waals surface area contributed by atoms with Gasteiger partial charge in [0.2, 0.25) is 0 Å². The number of esters is 2. The molecule has 0 radical (unpaired) electrons. The lowest BCUT2D eigenvalue weighted by molar-refractivity contribution is -0.139. The fourth-order valence-electron chi connectivity index (χ4n) is 1.60. The Balaban J connectivity index is 1.73. The summed E-state index contributed by atoms with van der Waals surface area (Å²) >= 11 is 3.06. The molecule has 0 aliphatic rings. The van der Waals surface area contributed by atoms with Gasteiger partial charge in [-0.2, -0.15) is 0 Å². The van der Waals surface area contributed by atoms with Crippen LogP contribution in [0, 0.1) is 0 Å². The first-order chi connectivity index (χ1) is 11.1. The maximum Gasteiger partial charge on any atom is 0.331 e. The molecule has 0 saturated carbocycles. The summed E-state index contributed by atoms with van der Waals surface area (Å²) in [6, 6.07) is 7.60. The zero-order valence-corrected chi connectivity index (χ0v) is 14.2. The van der Waals surface area contributed by atoms with Crippen LogP contribution in [0.15, 0.2) is 58.8 Å². The Morgan fingerprint density at radius 3 is 2.04 bits per heavy atom. The Bertz CT molecular complexity index is 682. The molecule has 120 valence electrons. The van der Waals surface area contributed by atoms with Crippen molar-refractivity contribution in [1.29, 1.82) is 0 Å². The third-order valence-electron chi connectivity index (χ3n) is 2.70. The second-order valence-electron chi connectivity index (χ2n) is 4.60. The molecule has 0 spiro atoms. The van der Waals surface area contributed by atoms with E-state index in [0.717, 1.165) is 9.75 Å². The maximum atomic E-state index is 11.6. The second-order valence-corrected chi connectivity index (χ2v) is 6.66. The van der Waals surface area contributed by atoms with Crippen molar-refractivity contribution in [2.45, 2.75) is 20.1 Å². The van der Waals surface area contributed by atoms with Crippen LogP contribution in [-0.2, 0) is 32.3 Å². The van der Waals surface area contributed by atoms with Crippen LogP contribution in [0.5, 0.6) is 0 Å². The van der Waals surface area contributed by atoms with Gasteiger partial charge in [-0.05, 0) is 35.4 Å². The Hall–Kier alpha value is -2.18. The molecule has 6 heteroatoms. The van der Waals surface area contributed by atoms with Crippen LogP contribution < -0.4 is 0 Å². The number of hydrogen-bond acceptors (Lipinski definition) is 6. The highest BCUT2D eigenvalue weighted by Crippen LogP contribution is 2.11. The van der Waals surface area contributed by atoms with Gasteiger partial charge in [0.1, 0.15) is 13.2 Å². The van der Waals surface area contributed by atoms with E-state index in [2.05, 4.69) is 0 Å². The molecule has 0 unspecified atom stereocenters. The van der Waals surface area contributed by atoms with Crippen molar-refractivity contribution < 1.29 is 19.1 Å². The molecule has 0 aromatic carbocycles. The smallest absolute Gasteiger partial charge is 0.331 e. The number of allylic oxidation sites excluding steroid dienone is 2. The van der Waals surface area contributed by atoms with Gasteiger partial charge in [-0.25, -0.2) is 9.59 Å². The molecule has 0 saturated heterocycles. The first kappa shape index (κ1) is 17.2. The predicted octanol–water partition coefficient (Wildman–Crippen LogP) is 4.10. The molecule has 23 heavy (non-hydrogen) atoms. The highest BCUT2D eigenvalue weighted by atomic mass is 32.1. The Morgan fingerprint density at radius 1 is 0.957 bits per heavy atom. The van der Waals surface area contributed by atoms with E-state index in [0.29, 0.717) is 5.57 Å². The molecular weight excluding hydrogens is 332 g/mol. The van der Waals surface area contributed by atoms with Gasteiger partial charge >= 0.3 is 11.9 Å². The quantitative estimate of drug-likeness (QED) is 0.429. The predicted molar refractivity (Wildman–Crippen MR) is 91.1 cm³/mol. The van der Waals surface area contributed by atoms with Gasteiger partial charge in [0.25, 0.3) is 0 Å². The monoisotopic (exact) mass is 348 g/mol. The van der Waals surface area contributed by atoms with Gasteiger partial charge in [-0.15, -0.1) is 22.7 Å². The molecule has 4 nitrogen and oxygen atoms in total. The number of carbonyl (C=O) groups excluding carboxylic acids is 2. The van der Waals surface area contributed by atoms with Crippen molar-refractivity contribution in [1.82, 2.24) is 0 Å². The standard InChI is InChI=1S/C17H16O4S2/c1-13(10-17(19)21-12-15-5-3-9-23-15)6-7-16(18)20-11-14-4-2-8-22-14/h2-10H,11-12H2,1H3/b7-6+,13-10-. The number of ether oxygens (including phenoxy) is 2. The van der Waals surface area contributed by atoms with E-state index >= 15 is 0 Å². The van der Waals surface area contributed by atoms with E-state index in [9.17, 15) is 9.59 Å². The third-order valence-corrected chi connectivity index (χ3v) is 4.40. The Morgan fingerprint density at radius 2 is 1.52 bits per heavy atom. The van der Waals surface area contributed by atoms with Crippen LogP contribution in [0.1, 0.15) is 16.7 Å². The molecule has 0 aliphatic carbocycles. The molecule has 2 aromatic rings. The summed E-state index contributed by atoms with van der Waals surface area (Å²) in [6.07, 6.45) is 4.17. The molecule has 0 bridgehead atoms. The lowest BCUT2D eigenvalue weighted by atomic mass is 10.2. The van der Waals surface area contributed by atoms with Crippen LogP contribution in [0.4, 0.5) is 0 Å². The SMILES string of the molecule is CC(=C/C(=O)OCc1cccs1)/C=C/C(=O)OCc1cccs1. The fraction of sp³-hybridized carbons (Fsp3) is 0.176. The summed E-state index contributed by atoms with van der Waals surface area (Å²) in [4.78, 5) is 25.2. The van der Waals surface area contributed by atoms with E-state index in [1.54, 1.807) is 6.92 Å². The highest BCUT2D eigenvalue weighted by Gasteiger charge is 2.02. The topological polar surface area (TPSA) is 52.6 Å². The number of hydrogen-bond donors (Lipinski definition) is 0. The van der Waals surface area contributed by atoms with Crippen LogP contribution in [0.3, 0.4) is 0 Å². The summed E-state index contributed by atoms with van der Waals surface area (Å²) in [5.74, 6) is -0.884. The van der Waals surface area contributed by atoms with Crippen LogP contribution in [0.25, 0.3) is 0 Å². The van der Waals surface area contributed by atoms with Crippen molar-refractivity contribution in [2.24, 2.45) is 0 Å². The van der Waals surface area contributed by atoms with Crippen molar-refractivity contribution in [3.05, 3.63) is 68.6 Å². The van der Waals surface area contributed by atoms with E-state index in [1.165, 1.54) is 40.9 Å². The van der Waals surface area contributed by atoms with Gasteiger partial charge in [0.05, 0.1) is 0 Å². The molecule has 0 fully saturated rings. The van der Waals surface area contributed by atoms with Gasteiger partial charge in [-0.1, -0.05) is 18.2 Å². The number of carbonyl (C=O) groups is 2. The first-order valence-electron chi connectivity index (χ1n) is 6.88. The highest BCUT2D eigenvalue weighted by molar-refractivity contribution is 7.10. The van der Waals surface area contributed by atoms with Crippen molar-refractivity contribution in [2.75, 3.05) is 0 Å². The summed E-state index contributed by atoms with van der Waals surface area (Å²) in [7, 11) is 0. The zero-order valence-electron chi connectivity index (χ0n) is 12.6. The van der Waals surface area contributed by atoms with Gasteiger partial charge in [0, 0.05) is 21.9 Å². The molecule has 0 amide bonds. The zero-order chi connectivity index (χ0) is 16.5. The molecule has 0 aliphatic heterocycles. The lowest BCUT2D eigenvalue weighted by Crippen LogP contribution is -2.01. The average Bonchev–Trinajstić information content (AvgIpc) is 3.22. The average molecular weight is 348 g/mol. The van der Waals surface area contributed by atoms with Crippen LogP contribution >= 0.6 is 22.7 Å². The van der Waals surface area contributed by atoms with Crippen LogP contribution in [-0.4, -0.2) is 11.9 Å². The largest absolute Gasteiger partial charge is 0.457 e. The third kappa shape index (κ3) is 6.63. The van der Waals surface area contributed by atoms with Crippen LogP contribution in [0.2, 0.25) is 0 Å². The second kappa shape index (κ2) is 9.07. The van der Waals surface area contributed by atoms with E-state index in [4.69, 9.17) is 9.47 Å². The fourth-order valence-corrected chi connectivity index (χ4v) is 2.83. The van der Waals surface area contributed by atoms with Gasteiger partial charge in [-0.3, -0.25) is 0 Å². The molecular formula is C17H16O4S2. The minimum absolute atomic E-state index is 0.256. The minimum atomic E-state index is -0.446. The summed E-state index contributed by atoms with van der Waals surface area (Å²) < 4.78 is 10.2. The molecule has 0 N–H and O–H groups in total. The Kier molecular flexibility index (Phi) is 6.77. The molecule has 0 atom stereocenters. The summed E-state index contributed by atoms with van der Waals surface area (Å²) in [5, 5.41) is 3.85. The van der Waals surface area contributed by atoms with Crippen molar-refractivity contribution in [3.63, 3.8) is 0 Å². The molecule has 2 rings (SSSR count). The Labute approximate surface area is 142 Å². The summed E-state index contributed by atoms with van der Waals surface area (Å²) in [5.41, 5.74) is 0.620. The molecule has 2 aromatic heterocycles.